The SMILES string of the molecule is CC[C@@H]1O[C@@H](O[C@@H]2[C@H](C)C(O)[C@H](O)O[C@H]2C(C)=O)C(N=[N+]=[N-])[C@@H](C)[C@H]1C. The Labute approximate surface area is 153 Å². The Morgan fingerprint density at radius 1 is 1.19 bits per heavy atom. The van der Waals surface area contributed by atoms with Gasteiger partial charge in [0.25, 0.3) is 0 Å². The molecule has 0 spiro atoms. The number of aliphatic hydroxyl groups excluding tert-OH is 2. The van der Waals surface area contributed by atoms with Gasteiger partial charge in [-0.1, -0.05) is 32.8 Å². The molecular formula is C17H29N3O6. The van der Waals surface area contributed by atoms with Gasteiger partial charge < -0.3 is 24.4 Å². The molecule has 2 aliphatic rings. The van der Waals surface area contributed by atoms with Gasteiger partial charge in [-0.3, -0.25) is 4.79 Å². The van der Waals surface area contributed by atoms with Gasteiger partial charge in [-0.25, -0.2) is 0 Å². The van der Waals surface area contributed by atoms with Crippen LogP contribution in [0.2, 0.25) is 0 Å². The fourth-order valence-electron chi connectivity index (χ4n) is 3.79. The summed E-state index contributed by atoms with van der Waals surface area (Å²) in [6.07, 6.45) is -4.69. The van der Waals surface area contributed by atoms with E-state index in [9.17, 15) is 15.0 Å². The van der Waals surface area contributed by atoms with Crippen molar-refractivity contribution in [2.24, 2.45) is 22.9 Å². The third-order valence-corrected chi connectivity index (χ3v) is 5.76. The number of hydrogen-bond donors (Lipinski definition) is 2. The molecule has 0 saturated carbocycles. The highest BCUT2D eigenvalue weighted by Gasteiger charge is 2.49. The lowest BCUT2D eigenvalue weighted by Gasteiger charge is -2.47. The lowest BCUT2D eigenvalue weighted by Crippen LogP contribution is -2.59. The maximum absolute atomic E-state index is 12.0. The van der Waals surface area contributed by atoms with Gasteiger partial charge in [0, 0.05) is 10.8 Å². The molecule has 2 aliphatic heterocycles. The summed E-state index contributed by atoms with van der Waals surface area (Å²) in [4.78, 5) is 14.9. The zero-order chi connectivity index (χ0) is 19.6. The van der Waals surface area contributed by atoms with Crippen molar-refractivity contribution in [2.75, 3.05) is 0 Å². The molecule has 2 unspecified atom stereocenters. The molecule has 0 aromatic heterocycles. The summed E-state index contributed by atoms with van der Waals surface area (Å²) in [6, 6.07) is -0.568. The normalized spacial score (nSPS) is 46.4. The average molecular weight is 371 g/mol. The molecule has 148 valence electrons. The molecule has 0 aromatic carbocycles. The van der Waals surface area contributed by atoms with Crippen LogP contribution in [0.3, 0.4) is 0 Å². The van der Waals surface area contributed by atoms with Crippen LogP contribution in [0.5, 0.6) is 0 Å². The van der Waals surface area contributed by atoms with Crippen LogP contribution in [0.4, 0.5) is 0 Å². The first-order valence-corrected chi connectivity index (χ1v) is 9.10. The molecule has 2 N–H and O–H groups in total. The predicted octanol–water partition coefficient (Wildman–Crippen LogP) is 1.76. The van der Waals surface area contributed by atoms with E-state index in [0.29, 0.717) is 0 Å². The van der Waals surface area contributed by atoms with E-state index in [1.807, 2.05) is 20.8 Å². The van der Waals surface area contributed by atoms with Crippen molar-refractivity contribution in [3.63, 3.8) is 0 Å². The summed E-state index contributed by atoms with van der Waals surface area (Å²) in [6.45, 7) is 9.03. The van der Waals surface area contributed by atoms with E-state index in [1.165, 1.54) is 6.92 Å². The average Bonchev–Trinajstić information content (AvgIpc) is 2.60. The van der Waals surface area contributed by atoms with Crippen molar-refractivity contribution >= 4 is 5.78 Å². The van der Waals surface area contributed by atoms with Crippen molar-refractivity contribution in [1.29, 1.82) is 0 Å². The Morgan fingerprint density at radius 3 is 2.38 bits per heavy atom. The minimum absolute atomic E-state index is 0.0145. The zero-order valence-electron chi connectivity index (χ0n) is 15.8. The highest BCUT2D eigenvalue weighted by Crippen LogP contribution is 2.37. The van der Waals surface area contributed by atoms with Crippen LogP contribution >= 0.6 is 0 Å². The summed E-state index contributed by atoms with van der Waals surface area (Å²) >= 11 is 0. The molecule has 0 aliphatic carbocycles. The minimum atomic E-state index is -1.46. The molecule has 26 heavy (non-hydrogen) atoms. The fourth-order valence-corrected chi connectivity index (χ4v) is 3.79. The lowest BCUT2D eigenvalue weighted by molar-refractivity contribution is -0.312. The van der Waals surface area contributed by atoms with Gasteiger partial charge in [-0.15, -0.1) is 0 Å². The molecule has 0 bridgehead atoms. The Kier molecular flexibility index (Phi) is 7.01. The molecule has 0 amide bonds. The molecule has 9 heteroatoms. The minimum Gasteiger partial charge on any atom is -0.387 e. The highest BCUT2D eigenvalue weighted by atomic mass is 16.7. The molecule has 9 nitrogen and oxygen atoms in total. The van der Waals surface area contributed by atoms with Gasteiger partial charge in [-0.2, -0.15) is 0 Å². The van der Waals surface area contributed by atoms with E-state index in [0.717, 1.165) is 6.42 Å². The number of Topliss-reactive ketones (excluding diaryl/α,β-unsaturated/α-hetero) is 1. The Hall–Kier alpha value is -1.22. The Morgan fingerprint density at radius 2 is 1.85 bits per heavy atom. The molecule has 0 aromatic rings. The van der Waals surface area contributed by atoms with Crippen LogP contribution in [-0.2, 0) is 19.0 Å². The molecule has 2 saturated heterocycles. The second-order valence-corrected chi connectivity index (χ2v) is 7.37. The van der Waals surface area contributed by atoms with Gasteiger partial charge >= 0.3 is 0 Å². The van der Waals surface area contributed by atoms with Crippen molar-refractivity contribution in [3.05, 3.63) is 10.4 Å². The molecule has 0 radical (unpaired) electrons. The summed E-state index contributed by atoms with van der Waals surface area (Å²) in [7, 11) is 0. The number of hydrogen-bond acceptors (Lipinski definition) is 7. The van der Waals surface area contributed by atoms with Gasteiger partial charge in [0.05, 0.1) is 18.2 Å². The summed E-state index contributed by atoms with van der Waals surface area (Å²) < 4.78 is 17.3. The van der Waals surface area contributed by atoms with E-state index in [1.54, 1.807) is 6.92 Å². The van der Waals surface area contributed by atoms with Gasteiger partial charge in [0.2, 0.25) is 0 Å². The third-order valence-electron chi connectivity index (χ3n) is 5.76. The van der Waals surface area contributed by atoms with Gasteiger partial charge in [-0.05, 0) is 30.7 Å². The molecule has 2 rings (SSSR count). The largest absolute Gasteiger partial charge is 0.387 e. The van der Waals surface area contributed by atoms with Crippen LogP contribution in [0.25, 0.3) is 10.4 Å². The second kappa shape index (κ2) is 8.65. The smallest absolute Gasteiger partial charge is 0.182 e. The number of rotatable bonds is 5. The maximum Gasteiger partial charge on any atom is 0.182 e. The first-order chi connectivity index (χ1) is 12.2. The van der Waals surface area contributed by atoms with Crippen LogP contribution in [0.15, 0.2) is 5.11 Å². The molecule has 2 fully saturated rings. The second-order valence-electron chi connectivity index (χ2n) is 7.37. The Bertz CT molecular complexity index is 555. The zero-order valence-corrected chi connectivity index (χ0v) is 15.8. The number of carbonyl (C=O) groups is 1. The molecule has 2 heterocycles. The summed E-state index contributed by atoms with van der Waals surface area (Å²) in [5.74, 6) is -0.706. The molecule has 10 atom stereocenters. The number of nitrogens with zero attached hydrogens (tertiary/aromatic N) is 3. The number of azide groups is 1. The van der Waals surface area contributed by atoms with Crippen molar-refractivity contribution in [2.45, 2.75) is 84.1 Å². The Balaban J connectivity index is 2.28. The van der Waals surface area contributed by atoms with Crippen LogP contribution in [-0.4, -0.2) is 59.0 Å². The van der Waals surface area contributed by atoms with E-state index < -0.39 is 42.9 Å². The van der Waals surface area contributed by atoms with E-state index in [-0.39, 0.29) is 23.7 Å². The number of aliphatic hydroxyl groups is 2. The predicted molar refractivity (Wildman–Crippen MR) is 91.8 cm³/mol. The van der Waals surface area contributed by atoms with E-state index in [4.69, 9.17) is 19.7 Å². The fraction of sp³-hybridized carbons (Fsp3) is 0.941. The summed E-state index contributed by atoms with van der Waals surface area (Å²) in [5, 5.41) is 23.8. The van der Waals surface area contributed by atoms with Crippen molar-refractivity contribution in [3.8, 4) is 0 Å². The molecular weight excluding hydrogens is 342 g/mol. The van der Waals surface area contributed by atoms with Crippen molar-refractivity contribution in [1.82, 2.24) is 0 Å². The van der Waals surface area contributed by atoms with E-state index >= 15 is 0 Å². The quantitative estimate of drug-likeness (QED) is 0.430. The van der Waals surface area contributed by atoms with Crippen LogP contribution in [0.1, 0.15) is 41.0 Å². The number of ether oxygens (including phenoxy) is 3. The number of ketones is 1. The van der Waals surface area contributed by atoms with Crippen molar-refractivity contribution < 1.29 is 29.2 Å². The summed E-state index contributed by atoms with van der Waals surface area (Å²) in [5.41, 5.74) is 8.93. The number of carbonyl (C=O) groups excluding carboxylic acids is 1. The maximum atomic E-state index is 12.0. The highest BCUT2D eigenvalue weighted by molar-refractivity contribution is 5.81. The first kappa shape index (κ1) is 21.1. The topological polar surface area (TPSA) is 134 Å². The van der Waals surface area contributed by atoms with E-state index in [2.05, 4.69) is 10.0 Å². The monoisotopic (exact) mass is 371 g/mol. The van der Waals surface area contributed by atoms with Crippen LogP contribution in [0, 0.1) is 17.8 Å². The van der Waals surface area contributed by atoms with Crippen LogP contribution < -0.4 is 0 Å². The first-order valence-electron chi connectivity index (χ1n) is 9.10. The standard InChI is InChI=1S/C17H29N3O6/c1-6-11-7(2)8(3)12(19-20-18)17(24-11)26-14-9(4)13(22)16(23)25-15(14)10(5)21/h7-9,11-17,22-23H,6H2,1-5H3/t7-,8+,9-,11+,12?,13?,14-,15+,16-,17+/m1/s1. The van der Waals surface area contributed by atoms with Gasteiger partial charge in [0.1, 0.15) is 12.2 Å². The lowest BCUT2D eigenvalue weighted by atomic mass is 9.81. The third kappa shape index (κ3) is 4.03. The van der Waals surface area contributed by atoms with Gasteiger partial charge in [0.15, 0.2) is 18.4 Å².